The molecular weight excluding hydrogens is 178 g/mol. The van der Waals surface area contributed by atoms with E-state index in [1.165, 1.54) is 25.7 Å². The van der Waals surface area contributed by atoms with Crippen LogP contribution in [0.15, 0.2) is 0 Å². The van der Waals surface area contributed by atoms with Crippen LogP contribution in [0.2, 0.25) is 0 Å². The molecule has 0 aromatic rings. The molecule has 1 aliphatic heterocycles. The zero-order chi connectivity index (χ0) is 9.71. The van der Waals surface area contributed by atoms with Gasteiger partial charge in [0.2, 0.25) is 5.91 Å². The minimum Gasteiger partial charge on any atom is -0.391 e. The molecule has 1 amide bonds. The van der Waals surface area contributed by atoms with Crippen molar-refractivity contribution in [3.63, 3.8) is 0 Å². The zero-order valence-corrected chi connectivity index (χ0v) is 8.35. The maximum absolute atomic E-state index is 11.6. The van der Waals surface area contributed by atoms with Gasteiger partial charge >= 0.3 is 0 Å². The molecule has 0 bridgehead atoms. The molecule has 78 valence electrons. The van der Waals surface area contributed by atoms with Crippen LogP contribution in [0.25, 0.3) is 0 Å². The average molecular weight is 195 g/mol. The van der Waals surface area contributed by atoms with Gasteiger partial charge in [0.1, 0.15) is 0 Å². The van der Waals surface area contributed by atoms with E-state index in [9.17, 15) is 9.90 Å². The van der Waals surface area contributed by atoms with E-state index in [4.69, 9.17) is 0 Å². The monoisotopic (exact) mass is 195 g/mol. The molecule has 1 heterocycles. The Hall–Kier alpha value is -0.570. The van der Waals surface area contributed by atoms with E-state index >= 15 is 0 Å². The number of aliphatic hydroxyl groups is 1. The van der Waals surface area contributed by atoms with Gasteiger partial charge in [0.25, 0.3) is 0 Å². The quantitative estimate of drug-likeness (QED) is 0.671. The highest BCUT2D eigenvalue weighted by atomic mass is 16.3. The first kappa shape index (κ1) is 8.72. The summed E-state index contributed by atoms with van der Waals surface area (Å²) in [5.41, 5.74) is 0. The summed E-state index contributed by atoms with van der Waals surface area (Å²) < 4.78 is 0. The van der Waals surface area contributed by atoms with Crippen molar-refractivity contribution in [2.75, 3.05) is 6.54 Å². The summed E-state index contributed by atoms with van der Waals surface area (Å²) in [4.78, 5) is 13.5. The summed E-state index contributed by atoms with van der Waals surface area (Å²) >= 11 is 0. The van der Waals surface area contributed by atoms with E-state index in [1.807, 2.05) is 4.90 Å². The molecule has 0 aromatic heterocycles. The van der Waals surface area contributed by atoms with Gasteiger partial charge in [0.05, 0.1) is 12.5 Å². The highest BCUT2D eigenvalue weighted by Crippen LogP contribution is 2.53. The minimum atomic E-state index is -0.398. The maximum atomic E-state index is 11.6. The molecule has 3 aliphatic rings. The van der Waals surface area contributed by atoms with E-state index in [0.717, 1.165) is 11.8 Å². The first-order chi connectivity index (χ1) is 6.77. The number of rotatable bonds is 1. The standard InChI is InChI=1S/C11H17NO2/c13-7-5-10(14)12(6-7)11-8-3-1-2-4-9(8)11/h7-9,11,13H,1-6H2. The molecule has 3 fully saturated rings. The molecule has 3 atom stereocenters. The van der Waals surface area contributed by atoms with Crippen LogP contribution in [0, 0.1) is 11.8 Å². The number of hydrogen-bond donors (Lipinski definition) is 1. The minimum absolute atomic E-state index is 0.178. The van der Waals surface area contributed by atoms with Crippen molar-refractivity contribution in [3.8, 4) is 0 Å². The first-order valence-electron chi connectivity index (χ1n) is 5.75. The Labute approximate surface area is 84.1 Å². The van der Waals surface area contributed by atoms with Gasteiger partial charge in [-0.1, -0.05) is 12.8 Å². The van der Waals surface area contributed by atoms with Crippen molar-refractivity contribution in [3.05, 3.63) is 0 Å². The summed E-state index contributed by atoms with van der Waals surface area (Å²) in [6.45, 7) is 0.594. The van der Waals surface area contributed by atoms with Gasteiger partial charge in [0.15, 0.2) is 0 Å². The van der Waals surface area contributed by atoms with Crippen LogP contribution >= 0.6 is 0 Å². The second kappa shape index (κ2) is 2.96. The van der Waals surface area contributed by atoms with Crippen LogP contribution in [0.3, 0.4) is 0 Å². The summed E-state index contributed by atoms with van der Waals surface area (Å²) in [5, 5.41) is 9.42. The fourth-order valence-corrected chi connectivity index (χ4v) is 3.42. The van der Waals surface area contributed by atoms with Crippen LogP contribution in [-0.2, 0) is 4.79 Å². The van der Waals surface area contributed by atoms with E-state index < -0.39 is 6.10 Å². The van der Waals surface area contributed by atoms with Gasteiger partial charge in [-0.2, -0.15) is 0 Å². The van der Waals surface area contributed by atoms with Gasteiger partial charge < -0.3 is 10.0 Å². The number of nitrogens with zero attached hydrogens (tertiary/aromatic N) is 1. The SMILES string of the molecule is O=C1CC(O)CN1C1C2CCCCC21. The number of aliphatic hydroxyl groups excluding tert-OH is 1. The predicted molar refractivity (Wildman–Crippen MR) is 51.6 cm³/mol. The highest BCUT2D eigenvalue weighted by molar-refractivity contribution is 5.79. The smallest absolute Gasteiger partial charge is 0.225 e. The van der Waals surface area contributed by atoms with Crippen molar-refractivity contribution < 1.29 is 9.90 Å². The number of β-amino-alcohol motifs (C(OH)–C–C–N with tert-alkyl or cyclic N) is 1. The molecule has 3 heteroatoms. The van der Waals surface area contributed by atoms with Crippen molar-refractivity contribution in [2.45, 2.75) is 44.2 Å². The number of carbonyl (C=O) groups is 1. The zero-order valence-electron chi connectivity index (χ0n) is 8.35. The number of carbonyl (C=O) groups excluding carboxylic acids is 1. The molecule has 0 spiro atoms. The lowest BCUT2D eigenvalue weighted by atomic mass is 10.0. The molecular formula is C11H17NO2. The van der Waals surface area contributed by atoms with Gasteiger partial charge in [-0.3, -0.25) is 4.79 Å². The molecule has 1 N–H and O–H groups in total. The molecule has 3 unspecified atom stereocenters. The van der Waals surface area contributed by atoms with Gasteiger partial charge in [-0.25, -0.2) is 0 Å². The van der Waals surface area contributed by atoms with Crippen molar-refractivity contribution in [1.82, 2.24) is 4.90 Å². The third kappa shape index (κ3) is 1.18. The summed E-state index contributed by atoms with van der Waals surface area (Å²) in [6, 6.07) is 0.502. The Morgan fingerprint density at radius 1 is 1.21 bits per heavy atom. The Bertz CT molecular complexity index is 254. The van der Waals surface area contributed by atoms with Crippen molar-refractivity contribution >= 4 is 5.91 Å². The summed E-state index contributed by atoms with van der Waals surface area (Å²) in [7, 11) is 0. The molecule has 0 radical (unpaired) electrons. The van der Waals surface area contributed by atoms with Crippen LogP contribution < -0.4 is 0 Å². The second-order valence-corrected chi connectivity index (χ2v) is 5.01. The fraction of sp³-hybridized carbons (Fsp3) is 0.909. The molecule has 1 saturated heterocycles. The number of hydrogen-bond acceptors (Lipinski definition) is 2. The van der Waals surface area contributed by atoms with Crippen LogP contribution in [-0.4, -0.2) is 34.6 Å². The summed E-state index contributed by atoms with van der Waals surface area (Å²) in [5.74, 6) is 1.73. The lowest BCUT2D eigenvalue weighted by Gasteiger charge is -2.15. The van der Waals surface area contributed by atoms with Gasteiger partial charge in [0, 0.05) is 12.6 Å². The molecule has 2 saturated carbocycles. The molecule has 0 aromatic carbocycles. The number of likely N-dealkylation sites (tertiary alicyclic amines) is 1. The largest absolute Gasteiger partial charge is 0.391 e. The fourth-order valence-electron chi connectivity index (χ4n) is 3.42. The molecule has 2 aliphatic carbocycles. The van der Waals surface area contributed by atoms with E-state index in [2.05, 4.69) is 0 Å². The Morgan fingerprint density at radius 3 is 2.36 bits per heavy atom. The Morgan fingerprint density at radius 2 is 1.86 bits per heavy atom. The lowest BCUT2D eigenvalue weighted by molar-refractivity contribution is -0.128. The highest BCUT2D eigenvalue weighted by Gasteiger charge is 2.56. The Balaban J connectivity index is 1.69. The average Bonchev–Trinajstić information content (AvgIpc) is 2.79. The van der Waals surface area contributed by atoms with Gasteiger partial charge in [-0.05, 0) is 24.7 Å². The first-order valence-corrected chi connectivity index (χ1v) is 5.75. The summed E-state index contributed by atoms with van der Waals surface area (Å²) in [6.07, 6.45) is 5.23. The lowest BCUT2D eigenvalue weighted by Crippen LogP contribution is -2.30. The Kier molecular flexibility index (Phi) is 1.84. The van der Waals surface area contributed by atoms with Crippen molar-refractivity contribution in [1.29, 1.82) is 0 Å². The molecule has 3 rings (SSSR count). The molecule has 14 heavy (non-hydrogen) atoms. The topological polar surface area (TPSA) is 40.5 Å². The number of amides is 1. The third-order valence-corrected chi connectivity index (χ3v) is 4.11. The van der Waals surface area contributed by atoms with Gasteiger partial charge in [-0.15, -0.1) is 0 Å². The van der Waals surface area contributed by atoms with E-state index in [0.29, 0.717) is 19.0 Å². The third-order valence-electron chi connectivity index (χ3n) is 4.11. The normalized spacial score (nSPS) is 46.6. The maximum Gasteiger partial charge on any atom is 0.225 e. The van der Waals surface area contributed by atoms with Crippen LogP contribution in [0.1, 0.15) is 32.1 Å². The van der Waals surface area contributed by atoms with Crippen LogP contribution in [0.4, 0.5) is 0 Å². The van der Waals surface area contributed by atoms with E-state index in [-0.39, 0.29) is 5.91 Å². The van der Waals surface area contributed by atoms with E-state index in [1.54, 1.807) is 0 Å². The van der Waals surface area contributed by atoms with Crippen LogP contribution in [0.5, 0.6) is 0 Å². The molecule has 3 nitrogen and oxygen atoms in total. The number of fused-ring (bicyclic) bond motifs is 1. The predicted octanol–water partition coefficient (Wildman–Crippen LogP) is 0.768. The second-order valence-electron chi connectivity index (χ2n) is 5.01. The van der Waals surface area contributed by atoms with Crippen molar-refractivity contribution in [2.24, 2.45) is 11.8 Å².